The molecule has 0 unspecified atom stereocenters. The lowest BCUT2D eigenvalue weighted by molar-refractivity contribution is -0.384. The zero-order chi connectivity index (χ0) is 18.9. The number of nitro groups is 1. The summed E-state index contributed by atoms with van der Waals surface area (Å²) >= 11 is 0. The first-order valence-electron chi connectivity index (χ1n) is 8.59. The monoisotopic (exact) mass is 358 g/mol. The van der Waals surface area contributed by atoms with E-state index in [2.05, 4.69) is 31.2 Å². The highest BCUT2D eigenvalue weighted by molar-refractivity contribution is 5.79. The topological polar surface area (TPSA) is 87.7 Å². The van der Waals surface area contributed by atoms with Crippen molar-refractivity contribution in [3.63, 3.8) is 0 Å². The summed E-state index contributed by atoms with van der Waals surface area (Å²) in [4.78, 5) is 17.0. The minimum atomic E-state index is -0.403. The maximum atomic E-state index is 10.7. The van der Waals surface area contributed by atoms with E-state index in [1.165, 1.54) is 17.8 Å². The highest BCUT2D eigenvalue weighted by Gasteiger charge is 2.08. The molecule has 26 heavy (non-hydrogen) atoms. The van der Waals surface area contributed by atoms with Gasteiger partial charge in [0.2, 0.25) is 0 Å². The lowest BCUT2D eigenvalue weighted by Crippen LogP contribution is -2.39. The van der Waals surface area contributed by atoms with Crippen molar-refractivity contribution >= 4 is 17.3 Å². The third kappa shape index (κ3) is 5.51. The average Bonchev–Trinajstić information content (AvgIpc) is 3.02. The molecule has 0 radical (unpaired) electrons. The van der Waals surface area contributed by atoms with Crippen molar-refractivity contribution in [1.82, 2.24) is 14.8 Å². The number of benzene rings is 1. The number of hydrogen-bond donors (Lipinski definition) is 2. The number of aryl methyl sites for hydroxylation is 1. The lowest BCUT2D eigenvalue weighted by atomic mass is 10.3. The summed E-state index contributed by atoms with van der Waals surface area (Å²) in [6.07, 6.45) is 2.03. The molecule has 1 heterocycles. The first-order valence-corrected chi connectivity index (χ1v) is 8.59. The van der Waals surface area contributed by atoms with Gasteiger partial charge in [0.05, 0.1) is 18.0 Å². The van der Waals surface area contributed by atoms with Crippen LogP contribution < -0.4 is 10.6 Å². The minimum absolute atomic E-state index is 0.0882. The Morgan fingerprint density at radius 1 is 1.31 bits per heavy atom. The van der Waals surface area contributed by atoms with Gasteiger partial charge in [-0.2, -0.15) is 0 Å². The van der Waals surface area contributed by atoms with Crippen molar-refractivity contribution in [2.75, 3.05) is 32.0 Å². The van der Waals surface area contributed by atoms with Gasteiger partial charge in [0, 0.05) is 56.9 Å². The van der Waals surface area contributed by atoms with Crippen molar-refractivity contribution in [3.05, 3.63) is 58.4 Å². The molecule has 0 amide bonds. The fourth-order valence-electron chi connectivity index (χ4n) is 2.51. The second-order valence-corrected chi connectivity index (χ2v) is 5.93. The molecule has 2 aromatic rings. The molecular formula is C18H26N6O2. The van der Waals surface area contributed by atoms with Crippen LogP contribution in [0.4, 0.5) is 11.4 Å². The summed E-state index contributed by atoms with van der Waals surface area (Å²) in [5.74, 6) is 0.846. The summed E-state index contributed by atoms with van der Waals surface area (Å²) in [6.45, 7) is 4.85. The summed E-state index contributed by atoms with van der Waals surface area (Å²) in [7, 11) is 4.04. The Bertz CT molecular complexity index is 738. The summed E-state index contributed by atoms with van der Waals surface area (Å²) in [6, 6.07) is 10.5. The van der Waals surface area contributed by atoms with E-state index in [4.69, 9.17) is 0 Å². The lowest BCUT2D eigenvalue weighted by Gasteiger charge is -2.22. The third-order valence-electron chi connectivity index (χ3n) is 3.93. The number of aliphatic imine (C=N–C) groups is 1. The molecule has 0 saturated heterocycles. The van der Waals surface area contributed by atoms with Gasteiger partial charge in [0.25, 0.3) is 5.69 Å². The van der Waals surface area contributed by atoms with Gasteiger partial charge in [-0.25, -0.2) is 0 Å². The molecule has 8 nitrogen and oxygen atoms in total. The van der Waals surface area contributed by atoms with E-state index in [0.29, 0.717) is 13.1 Å². The van der Waals surface area contributed by atoms with Crippen LogP contribution in [0, 0.1) is 10.1 Å². The zero-order valence-electron chi connectivity index (χ0n) is 15.5. The number of anilines is 1. The van der Waals surface area contributed by atoms with Crippen molar-refractivity contribution in [1.29, 1.82) is 0 Å². The number of non-ortho nitro benzene ring substituents is 1. The predicted octanol–water partition coefficient (Wildman–Crippen LogP) is 2.44. The van der Waals surface area contributed by atoms with Gasteiger partial charge in [-0.3, -0.25) is 15.1 Å². The van der Waals surface area contributed by atoms with Crippen LogP contribution in [0.3, 0.4) is 0 Å². The second-order valence-electron chi connectivity index (χ2n) is 5.93. The number of hydrogen-bond acceptors (Lipinski definition) is 4. The number of rotatable bonds is 8. The predicted molar refractivity (Wildman–Crippen MR) is 104 cm³/mol. The normalized spacial score (nSPS) is 11.3. The fraction of sp³-hybridized carbons (Fsp3) is 0.389. The maximum absolute atomic E-state index is 10.7. The van der Waals surface area contributed by atoms with Crippen LogP contribution in [0.2, 0.25) is 0 Å². The Morgan fingerprint density at radius 2 is 2.04 bits per heavy atom. The molecular weight excluding hydrogens is 332 g/mol. The Morgan fingerprint density at radius 3 is 2.62 bits per heavy atom. The van der Waals surface area contributed by atoms with Gasteiger partial charge >= 0.3 is 0 Å². The molecule has 1 aromatic heterocycles. The van der Waals surface area contributed by atoms with Gasteiger partial charge in [-0.15, -0.1) is 0 Å². The highest BCUT2D eigenvalue weighted by atomic mass is 16.6. The van der Waals surface area contributed by atoms with Crippen LogP contribution >= 0.6 is 0 Å². The number of aromatic nitrogens is 1. The molecule has 0 fully saturated rings. The van der Waals surface area contributed by atoms with Crippen LogP contribution in [-0.2, 0) is 13.6 Å². The van der Waals surface area contributed by atoms with Crippen LogP contribution in [0.15, 0.2) is 47.6 Å². The van der Waals surface area contributed by atoms with E-state index in [-0.39, 0.29) is 5.69 Å². The van der Waals surface area contributed by atoms with E-state index in [1.54, 1.807) is 12.1 Å². The number of guanidine groups is 1. The van der Waals surface area contributed by atoms with Gasteiger partial charge in [-0.05, 0) is 31.2 Å². The summed E-state index contributed by atoms with van der Waals surface area (Å²) in [5.41, 5.74) is 2.14. The molecule has 1 aromatic carbocycles. The highest BCUT2D eigenvalue weighted by Crippen LogP contribution is 2.14. The fourth-order valence-corrected chi connectivity index (χ4v) is 2.51. The van der Waals surface area contributed by atoms with Crippen LogP contribution in [0.1, 0.15) is 12.6 Å². The Hall–Kier alpha value is -3.03. The van der Waals surface area contributed by atoms with Crippen molar-refractivity contribution in [2.45, 2.75) is 13.5 Å². The molecule has 0 spiro atoms. The minimum Gasteiger partial charge on any atom is -0.383 e. The first-order chi connectivity index (χ1) is 12.5. The van der Waals surface area contributed by atoms with Gasteiger partial charge in [0.1, 0.15) is 0 Å². The second kappa shape index (κ2) is 9.45. The van der Waals surface area contributed by atoms with Crippen molar-refractivity contribution < 1.29 is 4.92 Å². The number of nitrogens with one attached hydrogen (secondary N) is 2. The smallest absolute Gasteiger partial charge is 0.269 e. The quantitative estimate of drug-likeness (QED) is 0.249. The zero-order valence-corrected chi connectivity index (χ0v) is 15.5. The molecule has 2 rings (SSSR count). The van der Waals surface area contributed by atoms with E-state index >= 15 is 0 Å². The molecule has 0 atom stereocenters. The molecule has 0 saturated carbocycles. The SMILES string of the molecule is CCNC(=NCCNc1ccc([N+](=O)[O-])cc1)N(C)Cc1cccn1C. The molecule has 0 aliphatic carbocycles. The van der Waals surface area contributed by atoms with Gasteiger partial charge in [-0.1, -0.05) is 0 Å². The summed E-state index contributed by atoms with van der Waals surface area (Å²) in [5, 5.41) is 17.2. The first kappa shape index (κ1) is 19.3. The maximum Gasteiger partial charge on any atom is 0.269 e. The Labute approximate surface area is 153 Å². The number of nitrogens with zero attached hydrogens (tertiary/aromatic N) is 4. The molecule has 2 N–H and O–H groups in total. The standard InChI is InChI=1S/C18H26N6O2/c1-4-19-18(23(3)14-17-6-5-13-22(17)2)21-12-11-20-15-7-9-16(10-8-15)24(25)26/h5-10,13,20H,4,11-12,14H2,1-3H3,(H,19,21). The van der Waals surface area contributed by atoms with Crippen molar-refractivity contribution in [3.8, 4) is 0 Å². The Balaban J connectivity index is 1.87. The Kier molecular flexibility index (Phi) is 7.02. The van der Waals surface area contributed by atoms with E-state index in [9.17, 15) is 10.1 Å². The van der Waals surface area contributed by atoms with Crippen LogP contribution in [0.5, 0.6) is 0 Å². The van der Waals surface area contributed by atoms with E-state index in [0.717, 1.165) is 24.7 Å². The molecule has 0 aliphatic rings. The third-order valence-corrected chi connectivity index (χ3v) is 3.93. The van der Waals surface area contributed by atoms with Gasteiger partial charge in [0.15, 0.2) is 5.96 Å². The molecule has 140 valence electrons. The van der Waals surface area contributed by atoms with Crippen LogP contribution in [0.25, 0.3) is 0 Å². The largest absolute Gasteiger partial charge is 0.383 e. The van der Waals surface area contributed by atoms with Crippen molar-refractivity contribution in [2.24, 2.45) is 12.0 Å². The molecule has 0 aliphatic heterocycles. The van der Waals surface area contributed by atoms with Crippen LogP contribution in [-0.4, -0.2) is 47.0 Å². The molecule has 0 bridgehead atoms. The van der Waals surface area contributed by atoms with E-state index in [1.807, 2.05) is 33.3 Å². The van der Waals surface area contributed by atoms with Gasteiger partial charge < -0.3 is 20.1 Å². The summed E-state index contributed by atoms with van der Waals surface area (Å²) < 4.78 is 2.09. The van der Waals surface area contributed by atoms with E-state index < -0.39 is 4.92 Å². The average molecular weight is 358 g/mol. The number of nitro benzene ring substituents is 1. The molecule has 8 heteroatoms.